The molecule has 0 N–H and O–H groups in total. The molecule has 0 atom stereocenters. The number of hydrogen-bond donors (Lipinski definition) is 0. The third-order valence-electron chi connectivity index (χ3n) is 10.3. The van der Waals surface area contributed by atoms with E-state index >= 15 is 0 Å². The Balaban J connectivity index is 1.39. The van der Waals surface area contributed by atoms with Crippen molar-refractivity contribution in [3.05, 3.63) is 199 Å². The zero-order valence-corrected chi connectivity index (χ0v) is 30.7. The maximum Gasteiger partial charge on any atom is 0.238 e. The number of aryl methyl sites for hydroxylation is 2. The largest absolute Gasteiger partial charge is 0.309 e. The summed E-state index contributed by atoms with van der Waals surface area (Å²) in [4.78, 5) is 14.9. The summed E-state index contributed by atoms with van der Waals surface area (Å²) in [7, 11) is 0. The van der Waals surface area contributed by atoms with Gasteiger partial charge in [0.1, 0.15) is 0 Å². The van der Waals surface area contributed by atoms with Crippen LogP contribution < -0.4 is 0 Å². The quantitative estimate of drug-likeness (QED) is 0.170. The first-order valence-electron chi connectivity index (χ1n) is 27.2. The maximum atomic E-state index is 9.91. The van der Waals surface area contributed by atoms with E-state index in [0.29, 0.717) is 11.1 Å². The van der Waals surface area contributed by atoms with E-state index in [-0.39, 0.29) is 50.2 Å². The number of rotatable bonds is 6. The topological polar surface area (TPSA) is 48.5 Å². The Labute approximate surface area is 361 Å². The molecule has 8 aromatic carbocycles. The molecule has 11 aromatic rings. The minimum Gasteiger partial charge on any atom is -0.309 e. The lowest BCUT2D eigenvalue weighted by atomic mass is 10.0. The fourth-order valence-corrected chi connectivity index (χ4v) is 7.38. The van der Waals surface area contributed by atoms with E-state index < -0.39 is 137 Å². The molecule has 58 heavy (non-hydrogen) atoms. The highest BCUT2D eigenvalue weighted by Gasteiger charge is 2.24. The van der Waals surface area contributed by atoms with E-state index in [0.717, 1.165) is 32.9 Å². The van der Waals surface area contributed by atoms with E-state index in [4.69, 9.17) is 30.0 Å². The fourth-order valence-electron chi connectivity index (χ4n) is 7.38. The maximum absolute atomic E-state index is 9.91. The fraction of sp³-hybridized carbons (Fsp3) is 0.0377. The summed E-state index contributed by atoms with van der Waals surface area (Å²) in [5.74, 6) is -0.0722. The predicted molar refractivity (Wildman–Crippen MR) is 240 cm³/mol. The van der Waals surface area contributed by atoms with Crippen LogP contribution in [0.4, 0.5) is 0 Å². The van der Waals surface area contributed by atoms with Crippen molar-refractivity contribution in [2.75, 3.05) is 0 Å². The summed E-state index contributed by atoms with van der Waals surface area (Å²) in [5.41, 5.74) is 1.79. The van der Waals surface area contributed by atoms with Crippen LogP contribution in [0.1, 0.15) is 35.8 Å². The predicted octanol–water partition coefficient (Wildman–Crippen LogP) is 13.4. The van der Waals surface area contributed by atoms with Crippen LogP contribution in [-0.4, -0.2) is 24.1 Å². The van der Waals surface area contributed by atoms with Gasteiger partial charge in [0.05, 0.1) is 52.4 Å². The van der Waals surface area contributed by atoms with Gasteiger partial charge < -0.3 is 4.57 Å². The van der Waals surface area contributed by atoms with Gasteiger partial charge in [0.2, 0.25) is 5.95 Å². The molecule has 274 valence electrons. The van der Waals surface area contributed by atoms with Crippen molar-refractivity contribution < 1.29 is 24.7 Å². The second kappa shape index (κ2) is 13.5. The van der Waals surface area contributed by atoms with Crippen molar-refractivity contribution in [1.29, 1.82) is 0 Å². The Morgan fingerprint density at radius 3 is 1.84 bits per heavy atom. The first-order chi connectivity index (χ1) is 36.1. The Morgan fingerprint density at radius 2 is 1.07 bits per heavy atom. The molecule has 0 bridgehead atoms. The van der Waals surface area contributed by atoms with Crippen LogP contribution in [0.25, 0.3) is 100 Å². The molecule has 0 aliphatic carbocycles. The average Bonchev–Trinajstić information content (AvgIpc) is 4.16. The summed E-state index contributed by atoms with van der Waals surface area (Å²) in [6, 6.07) is 10.4. The number of fused-ring (bicyclic) bond motifs is 7. The zero-order valence-electron chi connectivity index (χ0n) is 48.7. The van der Waals surface area contributed by atoms with E-state index in [9.17, 15) is 9.60 Å². The van der Waals surface area contributed by atoms with Crippen LogP contribution in [0.15, 0.2) is 188 Å². The van der Waals surface area contributed by atoms with Gasteiger partial charge in [0, 0.05) is 38.2 Å². The third kappa shape index (κ3) is 5.43. The lowest BCUT2D eigenvalue weighted by Gasteiger charge is -2.14. The number of aromatic nitrogens is 5. The molecule has 0 aliphatic heterocycles. The van der Waals surface area contributed by atoms with Gasteiger partial charge in [-0.25, -0.2) is 4.98 Å². The smallest absolute Gasteiger partial charge is 0.238 e. The van der Waals surface area contributed by atoms with Gasteiger partial charge in [-0.1, -0.05) is 157 Å². The second-order valence-corrected chi connectivity index (χ2v) is 13.6. The summed E-state index contributed by atoms with van der Waals surface area (Å²) < 4.78 is 167. The minimum absolute atomic E-state index is 0.0954. The molecule has 0 fully saturated rings. The molecule has 0 saturated carbocycles. The molecule has 0 radical (unpaired) electrons. The van der Waals surface area contributed by atoms with E-state index in [1.54, 1.807) is 18.2 Å². The molecule has 0 unspecified atom stereocenters. The molecular weight excluding hydrogens is 707 g/mol. The Hall–Kier alpha value is -7.63. The number of para-hydroxylation sites is 3. The lowest BCUT2D eigenvalue weighted by molar-refractivity contribution is 0.955. The van der Waals surface area contributed by atoms with E-state index in [1.807, 2.05) is 68.4 Å². The van der Waals surface area contributed by atoms with Gasteiger partial charge >= 0.3 is 0 Å². The average molecular weight is 762 g/mol. The molecule has 3 aromatic heterocycles. The number of benzene rings is 8. The highest BCUT2D eigenvalue weighted by Crippen LogP contribution is 2.43. The van der Waals surface area contributed by atoms with Crippen LogP contribution in [0.2, 0.25) is 0 Å². The summed E-state index contributed by atoms with van der Waals surface area (Å²) in [6.45, 7) is 3.84. The van der Waals surface area contributed by atoms with E-state index in [2.05, 4.69) is 0 Å². The minimum atomic E-state index is -0.815. The van der Waals surface area contributed by atoms with Gasteiger partial charge in [-0.15, -0.1) is 0 Å². The number of nitrogens with zero attached hydrogens (tertiary/aromatic N) is 5. The van der Waals surface area contributed by atoms with Crippen LogP contribution in [-0.2, 0) is 0 Å². The van der Waals surface area contributed by atoms with Gasteiger partial charge in [-0.05, 0) is 71.9 Å². The molecule has 11 rings (SSSR count). The third-order valence-corrected chi connectivity index (χ3v) is 10.3. The summed E-state index contributed by atoms with van der Waals surface area (Å²) in [6.07, 6.45) is 0. The van der Waals surface area contributed by atoms with E-state index in [1.165, 1.54) is 4.57 Å². The summed E-state index contributed by atoms with van der Waals surface area (Å²) in [5, 5.41) is -1.15. The molecular formula is C53H37N5. The van der Waals surface area contributed by atoms with Gasteiger partial charge in [0.15, 0.2) is 11.6 Å². The summed E-state index contributed by atoms with van der Waals surface area (Å²) >= 11 is 0. The molecule has 3 heterocycles. The molecule has 0 saturated heterocycles. The lowest BCUT2D eigenvalue weighted by Crippen LogP contribution is -2.06. The highest BCUT2D eigenvalue weighted by molar-refractivity contribution is 6.26. The Morgan fingerprint density at radius 1 is 0.431 bits per heavy atom. The molecule has 5 nitrogen and oxygen atoms in total. The highest BCUT2D eigenvalue weighted by atomic mass is 15.2. The standard InChI is InChI=1S/C53H37N5/c1-34-25-26-40(33-35(34)2)52-54-51(39-29-27-37(28-30-39)36-15-5-3-6-16-36)55-53(56-52)58-46-23-13-10-20-42(46)43-31-32-48-49(50(43)58)44-21-11-14-24-47(44)57(48)45-22-12-9-19-41(45)38-17-7-4-8-18-38/h3-33H,1-2H3/i4D,7D,8D,9D,10D,11D,12D,13D,14D,17D,18D,20D,21D,22D,23D,24D,31D,32D. The van der Waals surface area contributed by atoms with Crippen molar-refractivity contribution in [2.24, 2.45) is 0 Å². The second-order valence-electron chi connectivity index (χ2n) is 13.6. The Bertz CT molecular complexity index is 4370. The van der Waals surface area contributed by atoms with Gasteiger partial charge in [-0.3, -0.25) is 4.57 Å². The van der Waals surface area contributed by atoms with Crippen LogP contribution in [0.5, 0.6) is 0 Å². The van der Waals surface area contributed by atoms with Crippen molar-refractivity contribution in [3.8, 4) is 56.7 Å². The van der Waals surface area contributed by atoms with Crippen LogP contribution in [0.3, 0.4) is 0 Å². The van der Waals surface area contributed by atoms with Crippen molar-refractivity contribution in [2.45, 2.75) is 13.8 Å². The molecule has 0 aliphatic rings. The first kappa shape index (κ1) is 20.0. The normalized spacial score (nSPS) is 16.0. The molecule has 5 heteroatoms. The van der Waals surface area contributed by atoms with Crippen molar-refractivity contribution in [1.82, 2.24) is 24.1 Å². The SMILES string of the molecule is [2H]c1cc(-c2c([2H])c([2H])c([2H])c([2H])c2[2H])c(-n2c3c([2H])c([2H])c([2H])c([2H])c3c3c2c([2H])c([2H])c2c4c([2H])c([2H])c([2H])c([2H])c4n(-c4nc(-c5ccc(-c6ccccc6)cc5)nc(-c5ccc(C)c(C)c5)n4)c23)c([2H])c1[2H]. The van der Waals surface area contributed by atoms with Crippen molar-refractivity contribution in [3.63, 3.8) is 0 Å². The van der Waals surface area contributed by atoms with Crippen LogP contribution >= 0.6 is 0 Å². The zero-order chi connectivity index (χ0) is 54.4. The monoisotopic (exact) mass is 761 g/mol. The first-order valence-corrected chi connectivity index (χ1v) is 18.2. The van der Waals surface area contributed by atoms with Gasteiger partial charge in [-0.2, -0.15) is 9.97 Å². The molecule has 0 spiro atoms. The Kier molecular flexibility index (Phi) is 4.67. The number of hydrogen-bond acceptors (Lipinski definition) is 3. The molecule has 0 amide bonds. The van der Waals surface area contributed by atoms with Crippen molar-refractivity contribution >= 4 is 43.6 Å². The van der Waals surface area contributed by atoms with Crippen LogP contribution in [0, 0.1) is 13.8 Å². The van der Waals surface area contributed by atoms with Gasteiger partial charge in [0.25, 0.3) is 0 Å².